The van der Waals surface area contributed by atoms with Crippen LogP contribution in [0.15, 0.2) is 18.2 Å². The molecule has 0 saturated carbocycles. The Morgan fingerprint density at radius 3 is 2.53 bits per heavy atom. The van der Waals surface area contributed by atoms with Crippen molar-refractivity contribution in [3.8, 4) is 5.75 Å². The fourth-order valence-corrected chi connectivity index (χ4v) is 1.08. The molecule has 0 aromatic heterocycles. The summed E-state index contributed by atoms with van der Waals surface area (Å²) in [5.74, 6) is -1.12. The molecule has 1 aromatic carbocycles. The largest absolute Gasteiger partial charge is 0.435 e. The normalized spacial score (nSPS) is 12.9. The summed E-state index contributed by atoms with van der Waals surface area (Å²) in [4.78, 5) is 0. The van der Waals surface area contributed by atoms with Gasteiger partial charge < -0.3 is 15.6 Å². The number of nitrogens with two attached hydrogens (primary N) is 1. The molecule has 0 saturated heterocycles. The smallest absolute Gasteiger partial charge is 0.387 e. The van der Waals surface area contributed by atoms with Crippen molar-refractivity contribution in [2.24, 2.45) is 5.73 Å². The molecule has 0 aliphatic heterocycles. The molecule has 0 bridgehead atoms. The van der Waals surface area contributed by atoms with Crippen molar-refractivity contribution in [1.29, 1.82) is 0 Å². The lowest BCUT2D eigenvalue weighted by Crippen LogP contribution is -2.13. The molecule has 1 rings (SSSR count). The molecule has 1 aromatic rings. The zero-order chi connectivity index (χ0) is 11.4. The van der Waals surface area contributed by atoms with E-state index in [1.807, 2.05) is 0 Å². The van der Waals surface area contributed by atoms with Gasteiger partial charge in [-0.3, -0.25) is 0 Å². The van der Waals surface area contributed by atoms with Crippen molar-refractivity contribution in [2.75, 3.05) is 6.54 Å². The van der Waals surface area contributed by atoms with E-state index in [9.17, 15) is 18.3 Å². The minimum absolute atomic E-state index is 0.0425. The molecule has 84 valence electrons. The summed E-state index contributed by atoms with van der Waals surface area (Å²) in [6, 6.07) is 3.08. The highest BCUT2D eigenvalue weighted by Gasteiger charge is 2.13. The molecule has 0 aliphatic carbocycles. The van der Waals surface area contributed by atoms with Crippen LogP contribution >= 0.6 is 0 Å². The third kappa shape index (κ3) is 3.10. The Balaban J connectivity index is 2.88. The number of aliphatic hydroxyl groups excluding tert-OH is 1. The summed E-state index contributed by atoms with van der Waals surface area (Å²) in [5, 5.41) is 9.23. The number of rotatable bonds is 4. The van der Waals surface area contributed by atoms with Gasteiger partial charge in [0.05, 0.1) is 6.10 Å². The first-order valence-corrected chi connectivity index (χ1v) is 4.17. The standard InChI is InChI=1S/C9H10F3NO2/c10-7-3-5(15-9(11)12)1-2-6(7)8(14)4-13/h1-3,8-9,14H,4,13H2/t8-/m1/s1. The fraction of sp³-hybridized carbons (Fsp3) is 0.333. The van der Waals surface area contributed by atoms with Gasteiger partial charge in [-0.1, -0.05) is 0 Å². The topological polar surface area (TPSA) is 55.5 Å². The number of hydrogen-bond donors (Lipinski definition) is 2. The van der Waals surface area contributed by atoms with Gasteiger partial charge >= 0.3 is 6.61 Å². The predicted molar refractivity (Wildman–Crippen MR) is 47.0 cm³/mol. The second-order valence-corrected chi connectivity index (χ2v) is 2.81. The SMILES string of the molecule is NC[C@@H](O)c1ccc(OC(F)F)cc1F. The Hall–Kier alpha value is -1.27. The lowest BCUT2D eigenvalue weighted by molar-refractivity contribution is -0.0500. The van der Waals surface area contributed by atoms with Crippen molar-refractivity contribution in [3.63, 3.8) is 0 Å². The van der Waals surface area contributed by atoms with E-state index < -0.39 is 18.5 Å². The van der Waals surface area contributed by atoms with Gasteiger partial charge in [0.25, 0.3) is 0 Å². The maximum Gasteiger partial charge on any atom is 0.387 e. The van der Waals surface area contributed by atoms with Crippen LogP contribution in [-0.4, -0.2) is 18.3 Å². The van der Waals surface area contributed by atoms with Crippen molar-refractivity contribution in [1.82, 2.24) is 0 Å². The van der Waals surface area contributed by atoms with E-state index in [0.29, 0.717) is 0 Å². The Morgan fingerprint density at radius 1 is 1.40 bits per heavy atom. The monoisotopic (exact) mass is 221 g/mol. The van der Waals surface area contributed by atoms with Crippen molar-refractivity contribution in [3.05, 3.63) is 29.6 Å². The van der Waals surface area contributed by atoms with E-state index in [4.69, 9.17) is 5.73 Å². The van der Waals surface area contributed by atoms with Crippen LogP contribution in [0, 0.1) is 5.82 Å². The minimum Gasteiger partial charge on any atom is -0.435 e. The average molecular weight is 221 g/mol. The molecule has 3 N–H and O–H groups in total. The minimum atomic E-state index is -3.00. The molecule has 0 amide bonds. The van der Waals surface area contributed by atoms with Crippen LogP contribution < -0.4 is 10.5 Å². The molecule has 0 radical (unpaired) electrons. The Bertz CT molecular complexity index is 333. The highest BCUT2D eigenvalue weighted by molar-refractivity contribution is 5.30. The highest BCUT2D eigenvalue weighted by Crippen LogP contribution is 2.22. The average Bonchev–Trinajstić information content (AvgIpc) is 2.16. The van der Waals surface area contributed by atoms with Crippen LogP contribution in [0.3, 0.4) is 0 Å². The van der Waals surface area contributed by atoms with E-state index in [1.54, 1.807) is 0 Å². The zero-order valence-corrected chi connectivity index (χ0v) is 7.66. The number of aliphatic hydroxyl groups is 1. The van der Waals surface area contributed by atoms with Gasteiger partial charge in [0.2, 0.25) is 0 Å². The van der Waals surface area contributed by atoms with Gasteiger partial charge in [-0.15, -0.1) is 0 Å². The molecule has 0 unspecified atom stereocenters. The second kappa shape index (κ2) is 4.99. The van der Waals surface area contributed by atoms with Gasteiger partial charge in [0.15, 0.2) is 0 Å². The number of ether oxygens (including phenoxy) is 1. The number of alkyl halides is 2. The molecule has 15 heavy (non-hydrogen) atoms. The first kappa shape index (κ1) is 11.8. The Kier molecular flexibility index (Phi) is 3.93. The van der Waals surface area contributed by atoms with Crippen LogP contribution in [0.4, 0.5) is 13.2 Å². The summed E-state index contributed by atoms with van der Waals surface area (Å²) >= 11 is 0. The first-order valence-electron chi connectivity index (χ1n) is 4.17. The number of benzene rings is 1. The summed E-state index contributed by atoms with van der Waals surface area (Å²) in [5.41, 5.74) is 5.08. The van der Waals surface area contributed by atoms with E-state index in [1.165, 1.54) is 0 Å². The summed E-state index contributed by atoms with van der Waals surface area (Å²) < 4.78 is 40.7. The van der Waals surface area contributed by atoms with E-state index >= 15 is 0 Å². The highest BCUT2D eigenvalue weighted by atomic mass is 19.3. The lowest BCUT2D eigenvalue weighted by Gasteiger charge is -2.10. The molecule has 3 nitrogen and oxygen atoms in total. The molecule has 0 heterocycles. The molecular weight excluding hydrogens is 211 g/mol. The van der Waals surface area contributed by atoms with Gasteiger partial charge in [-0.25, -0.2) is 4.39 Å². The third-order valence-electron chi connectivity index (χ3n) is 1.78. The van der Waals surface area contributed by atoms with Crippen molar-refractivity contribution in [2.45, 2.75) is 12.7 Å². The molecule has 0 spiro atoms. The molecule has 1 atom stereocenters. The zero-order valence-electron chi connectivity index (χ0n) is 7.66. The van der Waals surface area contributed by atoms with E-state index in [2.05, 4.69) is 4.74 Å². The van der Waals surface area contributed by atoms with Gasteiger partial charge in [0, 0.05) is 18.2 Å². The summed E-state index contributed by atoms with van der Waals surface area (Å²) in [6.45, 7) is -3.15. The fourth-order valence-electron chi connectivity index (χ4n) is 1.08. The molecule has 0 fully saturated rings. The lowest BCUT2D eigenvalue weighted by atomic mass is 10.1. The van der Waals surface area contributed by atoms with Gasteiger partial charge in [0.1, 0.15) is 11.6 Å². The van der Waals surface area contributed by atoms with Gasteiger partial charge in [-0.05, 0) is 12.1 Å². The van der Waals surface area contributed by atoms with Crippen LogP contribution in [0.25, 0.3) is 0 Å². The second-order valence-electron chi connectivity index (χ2n) is 2.81. The summed E-state index contributed by atoms with van der Waals surface area (Å²) in [6.07, 6.45) is -1.15. The molecule has 0 aliphatic rings. The number of hydrogen-bond acceptors (Lipinski definition) is 3. The Morgan fingerprint density at radius 2 is 2.07 bits per heavy atom. The third-order valence-corrected chi connectivity index (χ3v) is 1.78. The van der Waals surface area contributed by atoms with Crippen LogP contribution in [0.1, 0.15) is 11.7 Å². The van der Waals surface area contributed by atoms with Crippen molar-refractivity contribution >= 4 is 0 Å². The maximum atomic E-state index is 13.2. The van der Waals surface area contributed by atoms with Crippen LogP contribution in [0.5, 0.6) is 5.75 Å². The maximum absolute atomic E-state index is 13.2. The Labute approximate surface area is 84.3 Å². The van der Waals surface area contributed by atoms with E-state index in [0.717, 1.165) is 18.2 Å². The molecular formula is C9H10F3NO2. The van der Waals surface area contributed by atoms with Crippen LogP contribution in [-0.2, 0) is 0 Å². The van der Waals surface area contributed by atoms with Crippen LogP contribution in [0.2, 0.25) is 0 Å². The van der Waals surface area contributed by atoms with Gasteiger partial charge in [-0.2, -0.15) is 8.78 Å². The molecule has 6 heteroatoms. The van der Waals surface area contributed by atoms with E-state index in [-0.39, 0.29) is 17.9 Å². The van der Waals surface area contributed by atoms with Crippen molar-refractivity contribution < 1.29 is 23.0 Å². The quantitative estimate of drug-likeness (QED) is 0.808. The first-order chi connectivity index (χ1) is 7.04. The number of halogens is 3. The predicted octanol–water partition coefficient (Wildman–Crippen LogP) is 1.42. The summed E-state index contributed by atoms with van der Waals surface area (Å²) in [7, 11) is 0.